The molecule has 0 spiro atoms. The molecule has 0 aliphatic carbocycles. The van der Waals surface area contributed by atoms with Gasteiger partial charge in [0.25, 0.3) is 0 Å². The molecule has 5 nitrogen and oxygen atoms in total. The Bertz CT molecular complexity index is 741. The van der Waals surface area contributed by atoms with E-state index in [0.29, 0.717) is 18.1 Å². The third-order valence-corrected chi connectivity index (χ3v) is 5.20. The van der Waals surface area contributed by atoms with Crippen molar-refractivity contribution in [2.45, 2.75) is 18.4 Å². The molecule has 0 aromatic heterocycles. The van der Waals surface area contributed by atoms with Crippen LogP contribution in [-0.4, -0.2) is 33.5 Å². The van der Waals surface area contributed by atoms with E-state index in [1.807, 2.05) is 31.2 Å². The SMILES string of the molecule is CCOc1ccc(S(=O)(=O)N(C)Cc2cccc(OC)c2)cc1. The molecule has 124 valence electrons. The van der Waals surface area contributed by atoms with Crippen LogP contribution in [0.3, 0.4) is 0 Å². The van der Waals surface area contributed by atoms with Crippen LogP contribution in [0.2, 0.25) is 0 Å². The summed E-state index contributed by atoms with van der Waals surface area (Å²) in [5, 5.41) is 0. The zero-order valence-corrected chi connectivity index (χ0v) is 14.3. The first-order valence-corrected chi connectivity index (χ1v) is 8.73. The highest BCUT2D eigenvalue weighted by Crippen LogP contribution is 2.21. The van der Waals surface area contributed by atoms with Crippen molar-refractivity contribution in [1.29, 1.82) is 0 Å². The number of nitrogens with zero attached hydrogens (tertiary/aromatic N) is 1. The first-order valence-electron chi connectivity index (χ1n) is 7.29. The number of sulfonamides is 1. The number of methoxy groups -OCH3 is 1. The van der Waals surface area contributed by atoms with E-state index in [0.717, 1.165) is 5.56 Å². The monoisotopic (exact) mass is 335 g/mol. The molecule has 0 radical (unpaired) electrons. The second kappa shape index (κ2) is 7.48. The maximum absolute atomic E-state index is 12.6. The van der Waals surface area contributed by atoms with E-state index < -0.39 is 10.0 Å². The van der Waals surface area contributed by atoms with E-state index in [1.165, 1.54) is 4.31 Å². The molecule has 0 bridgehead atoms. The van der Waals surface area contributed by atoms with Crippen LogP contribution >= 0.6 is 0 Å². The summed E-state index contributed by atoms with van der Waals surface area (Å²) in [5.74, 6) is 1.36. The van der Waals surface area contributed by atoms with Crippen LogP contribution in [0.25, 0.3) is 0 Å². The molecule has 2 rings (SSSR count). The van der Waals surface area contributed by atoms with E-state index in [-0.39, 0.29) is 11.4 Å². The van der Waals surface area contributed by atoms with Crippen molar-refractivity contribution in [3.63, 3.8) is 0 Å². The molecule has 0 aliphatic rings. The van der Waals surface area contributed by atoms with Crippen molar-refractivity contribution in [1.82, 2.24) is 4.31 Å². The van der Waals surface area contributed by atoms with Crippen molar-refractivity contribution in [2.24, 2.45) is 0 Å². The van der Waals surface area contributed by atoms with Gasteiger partial charge in [0.05, 0.1) is 18.6 Å². The Kier molecular flexibility index (Phi) is 5.63. The fourth-order valence-electron chi connectivity index (χ4n) is 2.17. The zero-order valence-electron chi connectivity index (χ0n) is 13.5. The van der Waals surface area contributed by atoms with E-state index >= 15 is 0 Å². The second-order valence-corrected chi connectivity index (χ2v) is 7.06. The highest BCUT2D eigenvalue weighted by atomic mass is 32.2. The van der Waals surface area contributed by atoms with Gasteiger partial charge in [0.2, 0.25) is 10.0 Å². The predicted octanol–water partition coefficient (Wildman–Crippen LogP) is 2.91. The van der Waals surface area contributed by atoms with Crippen LogP contribution in [0.15, 0.2) is 53.4 Å². The summed E-state index contributed by atoms with van der Waals surface area (Å²) >= 11 is 0. The Morgan fingerprint density at radius 2 is 1.74 bits per heavy atom. The highest BCUT2D eigenvalue weighted by Gasteiger charge is 2.21. The first-order chi connectivity index (χ1) is 11.0. The number of hydrogen-bond acceptors (Lipinski definition) is 4. The number of ether oxygens (including phenoxy) is 2. The molecule has 0 unspecified atom stereocenters. The maximum Gasteiger partial charge on any atom is 0.243 e. The lowest BCUT2D eigenvalue weighted by Gasteiger charge is -2.18. The molecule has 0 N–H and O–H groups in total. The average Bonchev–Trinajstić information content (AvgIpc) is 2.56. The lowest BCUT2D eigenvalue weighted by Crippen LogP contribution is -2.26. The van der Waals surface area contributed by atoms with Crippen LogP contribution in [-0.2, 0) is 16.6 Å². The van der Waals surface area contributed by atoms with E-state index in [4.69, 9.17) is 9.47 Å². The number of benzene rings is 2. The van der Waals surface area contributed by atoms with Crippen LogP contribution in [0.5, 0.6) is 11.5 Å². The van der Waals surface area contributed by atoms with Crippen molar-refractivity contribution < 1.29 is 17.9 Å². The Balaban J connectivity index is 2.17. The van der Waals surface area contributed by atoms with Gasteiger partial charge in [0, 0.05) is 13.6 Å². The van der Waals surface area contributed by atoms with Gasteiger partial charge in [0.1, 0.15) is 11.5 Å². The third-order valence-electron chi connectivity index (χ3n) is 3.38. The molecule has 2 aromatic carbocycles. The number of hydrogen-bond donors (Lipinski definition) is 0. The van der Waals surface area contributed by atoms with Gasteiger partial charge in [-0.05, 0) is 48.9 Å². The van der Waals surface area contributed by atoms with Crippen molar-refractivity contribution in [2.75, 3.05) is 20.8 Å². The molecule has 0 atom stereocenters. The first kappa shape index (κ1) is 17.3. The average molecular weight is 335 g/mol. The van der Waals surface area contributed by atoms with Gasteiger partial charge in [-0.1, -0.05) is 12.1 Å². The molecule has 0 amide bonds. The van der Waals surface area contributed by atoms with E-state index in [2.05, 4.69) is 0 Å². The summed E-state index contributed by atoms with van der Waals surface area (Å²) in [5.41, 5.74) is 0.862. The Morgan fingerprint density at radius 1 is 1.04 bits per heavy atom. The fourth-order valence-corrected chi connectivity index (χ4v) is 3.33. The normalized spacial score (nSPS) is 11.5. The van der Waals surface area contributed by atoms with Gasteiger partial charge in [-0.3, -0.25) is 0 Å². The minimum atomic E-state index is -3.55. The molecule has 23 heavy (non-hydrogen) atoms. The van der Waals surface area contributed by atoms with Gasteiger partial charge in [0.15, 0.2) is 0 Å². The standard InChI is InChI=1S/C17H21NO4S/c1-4-22-15-8-10-17(11-9-15)23(19,20)18(2)13-14-6-5-7-16(12-14)21-3/h5-12H,4,13H2,1-3H3. The minimum absolute atomic E-state index is 0.242. The van der Waals surface area contributed by atoms with E-state index in [1.54, 1.807) is 38.4 Å². The van der Waals surface area contributed by atoms with Crippen LogP contribution in [0, 0.1) is 0 Å². The van der Waals surface area contributed by atoms with Gasteiger partial charge in [-0.2, -0.15) is 4.31 Å². The van der Waals surface area contributed by atoms with Gasteiger partial charge < -0.3 is 9.47 Å². The zero-order chi connectivity index (χ0) is 16.9. The quantitative estimate of drug-likeness (QED) is 0.781. The molecule has 6 heteroatoms. The fraction of sp³-hybridized carbons (Fsp3) is 0.294. The summed E-state index contributed by atoms with van der Waals surface area (Å²) in [7, 11) is -0.408. The van der Waals surface area contributed by atoms with Crippen molar-refractivity contribution >= 4 is 10.0 Å². The third kappa shape index (κ3) is 4.24. The van der Waals surface area contributed by atoms with Gasteiger partial charge in [-0.25, -0.2) is 8.42 Å². The summed E-state index contributed by atoms with van der Waals surface area (Å²) < 4.78 is 37.0. The maximum atomic E-state index is 12.6. The van der Waals surface area contributed by atoms with E-state index in [9.17, 15) is 8.42 Å². The lowest BCUT2D eigenvalue weighted by atomic mass is 10.2. The Morgan fingerprint density at radius 3 is 2.35 bits per heavy atom. The largest absolute Gasteiger partial charge is 0.497 e. The van der Waals surface area contributed by atoms with Gasteiger partial charge in [-0.15, -0.1) is 0 Å². The summed E-state index contributed by atoms with van der Waals surface area (Å²) in [6, 6.07) is 13.8. The summed E-state index contributed by atoms with van der Waals surface area (Å²) in [4.78, 5) is 0.242. The lowest BCUT2D eigenvalue weighted by molar-refractivity contribution is 0.340. The molecule has 0 fully saturated rings. The highest BCUT2D eigenvalue weighted by molar-refractivity contribution is 7.89. The molecule has 0 heterocycles. The molecule has 0 aliphatic heterocycles. The Labute approximate surface area is 137 Å². The molecular formula is C17H21NO4S. The molecular weight excluding hydrogens is 314 g/mol. The van der Waals surface area contributed by atoms with Crippen LogP contribution < -0.4 is 9.47 Å². The summed E-state index contributed by atoms with van der Waals surface area (Å²) in [6.07, 6.45) is 0. The van der Waals surface area contributed by atoms with Crippen LogP contribution in [0.4, 0.5) is 0 Å². The number of rotatable bonds is 7. The molecule has 2 aromatic rings. The predicted molar refractivity (Wildman–Crippen MR) is 89.3 cm³/mol. The molecule has 0 saturated carbocycles. The van der Waals surface area contributed by atoms with Crippen molar-refractivity contribution in [3.8, 4) is 11.5 Å². The summed E-state index contributed by atoms with van der Waals surface area (Å²) in [6.45, 7) is 2.70. The van der Waals surface area contributed by atoms with Gasteiger partial charge >= 0.3 is 0 Å². The Hall–Kier alpha value is -2.05. The smallest absolute Gasteiger partial charge is 0.243 e. The topological polar surface area (TPSA) is 55.8 Å². The van der Waals surface area contributed by atoms with Crippen LogP contribution in [0.1, 0.15) is 12.5 Å². The second-order valence-electron chi connectivity index (χ2n) is 5.02. The minimum Gasteiger partial charge on any atom is -0.497 e. The van der Waals surface area contributed by atoms with Crippen molar-refractivity contribution in [3.05, 3.63) is 54.1 Å². The molecule has 0 saturated heterocycles.